The van der Waals surface area contributed by atoms with Gasteiger partial charge in [0.1, 0.15) is 11.9 Å². The molecule has 3 heterocycles. The van der Waals surface area contributed by atoms with Crippen LogP contribution in [0.15, 0.2) is 50.6 Å². The number of hydrogen-bond donors (Lipinski definition) is 2. The zero-order chi connectivity index (χ0) is 24.6. The lowest BCUT2D eigenvalue weighted by molar-refractivity contribution is -0.121. The van der Waals surface area contributed by atoms with E-state index in [1.807, 2.05) is 18.8 Å². The number of methoxy groups -OCH3 is 1. The second-order valence-corrected chi connectivity index (χ2v) is 12.7. The first-order chi connectivity index (χ1) is 16.1. The van der Waals surface area contributed by atoms with Crippen LogP contribution in [0, 0.1) is 5.82 Å². The largest absolute Gasteiger partial charge is 0.481 e. The van der Waals surface area contributed by atoms with E-state index in [0.29, 0.717) is 28.5 Å². The number of nitrogens with zero attached hydrogens (tertiary/aromatic N) is 2. The van der Waals surface area contributed by atoms with E-state index in [4.69, 9.17) is 9.26 Å². The molecule has 0 bridgehead atoms. The Labute approximate surface area is 196 Å². The molecule has 1 aliphatic heterocycles. The lowest BCUT2D eigenvalue weighted by Crippen LogP contribution is -2.45. The number of pyridine rings is 1. The van der Waals surface area contributed by atoms with Gasteiger partial charge >= 0.3 is 0 Å². The molecule has 2 aromatic heterocycles. The van der Waals surface area contributed by atoms with Crippen molar-refractivity contribution in [2.45, 2.75) is 17.4 Å². The van der Waals surface area contributed by atoms with Crippen LogP contribution in [-0.2, 0) is 11.2 Å². The molecule has 1 atom stereocenters. The van der Waals surface area contributed by atoms with Crippen LogP contribution >= 0.6 is 10.0 Å². The number of ether oxygens (including phenoxy) is 1. The summed E-state index contributed by atoms with van der Waals surface area (Å²) in [4.78, 5) is 44.4. The summed E-state index contributed by atoms with van der Waals surface area (Å²) < 4.78 is 24.9. The van der Waals surface area contributed by atoms with E-state index < -0.39 is 39.3 Å². The van der Waals surface area contributed by atoms with Gasteiger partial charge in [-0.05, 0) is 43.0 Å². The molecule has 0 fully saturated rings. The molecule has 9 nitrogen and oxygen atoms in total. The van der Waals surface area contributed by atoms with E-state index in [-0.39, 0.29) is 18.0 Å². The first kappa shape index (κ1) is 23.6. The van der Waals surface area contributed by atoms with Crippen LogP contribution in [0.1, 0.15) is 27.9 Å². The van der Waals surface area contributed by atoms with Crippen molar-refractivity contribution in [3.8, 4) is 5.88 Å². The average Bonchev–Trinajstić information content (AvgIpc) is 3.22. The molecule has 34 heavy (non-hydrogen) atoms. The Morgan fingerprint density at radius 2 is 2.00 bits per heavy atom. The first-order valence-electron chi connectivity index (χ1n) is 10.4. The van der Waals surface area contributed by atoms with Crippen molar-refractivity contribution >= 4 is 27.5 Å². The highest BCUT2D eigenvalue weighted by Crippen LogP contribution is 2.47. The van der Waals surface area contributed by atoms with Gasteiger partial charge in [-0.1, -0.05) is 0 Å². The molecular weight excluding hydrogens is 463 g/mol. The number of anilines is 1. The van der Waals surface area contributed by atoms with Crippen molar-refractivity contribution in [2.75, 3.05) is 37.7 Å². The quantitative estimate of drug-likeness (QED) is 0.570. The third-order valence-electron chi connectivity index (χ3n) is 5.49. The number of carbonyl (C=O) groups is 2. The summed E-state index contributed by atoms with van der Waals surface area (Å²) in [5.74, 6) is -1.40. The average molecular weight is 489 g/mol. The molecule has 0 aliphatic carbocycles. The number of benzene rings is 1. The second-order valence-electron chi connectivity index (χ2n) is 8.59. The number of amides is 2. The molecule has 3 aromatic rings. The molecule has 0 saturated heterocycles. The summed E-state index contributed by atoms with van der Waals surface area (Å²) in [6.07, 6.45) is 6.31. The van der Waals surface area contributed by atoms with Crippen molar-refractivity contribution in [2.24, 2.45) is 0 Å². The molecule has 0 saturated carbocycles. The maximum Gasteiger partial charge on any atom is 0.293 e. The molecule has 180 valence electrons. The maximum absolute atomic E-state index is 14.7. The number of carbonyl (C=O) groups excluding carboxylic acids is 2. The van der Waals surface area contributed by atoms with Crippen LogP contribution in [0.2, 0.25) is 0 Å². The number of aromatic nitrogens is 2. The van der Waals surface area contributed by atoms with E-state index in [2.05, 4.69) is 15.5 Å². The monoisotopic (exact) mass is 488 g/mol. The molecule has 4 rings (SSSR count). The Bertz CT molecular complexity index is 1310. The van der Waals surface area contributed by atoms with Crippen LogP contribution < -0.4 is 15.6 Å². The molecule has 2 N–H and O–H groups in total. The smallest absolute Gasteiger partial charge is 0.293 e. The van der Waals surface area contributed by atoms with Crippen molar-refractivity contribution in [1.82, 2.24) is 15.0 Å². The fourth-order valence-electron chi connectivity index (χ4n) is 3.90. The van der Waals surface area contributed by atoms with Crippen LogP contribution in [-0.4, -0.2) is 59.3 Å². The Morgan fingerprint density at radius 3 is 2.62 bits per heavy atom. The molecule has 0 unspecified atom stereocenters. The molecule has 2 amide bonds. The van der Waals surface area contributed by atoms with Gasteiger partial charge < -0.3 is 19.5 Å². The fraction of sp³-hybridized carbons (Fsp3) is 0.304. The molecule has 1 aliphatic rings. The summed E-state index contributed by atoms with van der Waals surface area (Å²) in [6, 6.07) is 7.81. The Hall–Kier alpha value is -3.60. The normalized spacial score (nSPS) is 16.0. The molecule has 0 spiro atoms. The zero-order valence-electron chi connectivity index (χ0n) is 19.2. The third kappa shape index (κ3) is 4.56. The summed E-state index contributed by atoms with van der Waals surface area (Å²) in [7, 11) is 0.195. The predicted molar refractivity (Wildman–Crippen MR) is 126 cm³/mol. The molecule has 11 heteroatoms. The highest BCUT2D eigenvalue weighted by molar-refractivity contribution is 8.32. The summed E-state index contributed by atoms with van der Waals surface area (Å²) in [5.41, 5.74) is 0.817. The van der Waals surface area contributed by atoms with E-state index in [1.54, 1.807) is 24.3 Å². The van der Waals surface area contributed by atoms with Crippen LogP contribution in [0.4, 0.5) is 10.1 Å². The minimum Gasteiger partial charge on any atom is -0.481 e. The Morgan fingerprint density at radius 1 is 1.24 bits per heavy atom. The maximum atomic E-state index is 14.7. The van der Waals surface area contributed by atoms with Gasteiger partial charge in [-0.15, -0.1) is 0 Å². The lowest BCUT2D eigenvalue weighted by atomic mass is 9.95. The Kier molecular flexibility index (Phi) is 6.22. The molecule has 0 radical (unpaired) electrons. The van der Waals surface area contributed by atoms with Gasteiger partial charge in [-0.25, -0.2) is 19.4 Å². The number of nitrogens with one attached hydrogen (secondary N) is 2. The van der Waals surface area contributed by atoms with Gasteiger partial charge in [-0.3, -0.25) is 14.4 Å². The lowest BCUT2D eigenvalue weighted by Gasteiger charge is -2.35. The van der Waals surface area contributed by atoms with E-state index >= 15 is 0 Å². The van der Waals surface area contributed by atoms with Crippen molar-refractivity contribution in [3.05, 3.63) is 69.6 Å². The van der Waals surface area contributed by atoms with Gasteiger partial charge in [0, 0.05) is 35.2 Å². The number of H-pyrrole nitrogens is 1. The third-order valence-corrected chi connectivity index (χ3v) is 7.14. The second kappa shape index (κ2) is 8.98. The molecule has 1 aromatic carbocycles. The minimum atomic E-state index is -1.29. The van der Waals surface area contributed by atoms with E-state index in [1.165, 1.54) is 18.1 Å². The topological polar surface area (TPSA) is 118 Å². The van der Waals surface area contributed by atoms with Crippen LogP contribution in [0.5, 0.6) is 5.88 Å². The summed E-state index contributed by atoms with van der Waals surface area (Å²) in [6.45, 7) is 0.152. The number of halogens is 1. The highest BCUT2D eigenvalue weighted by Gasteiger charge is 2.38. The SMILES string of the molecule is COc1ccc2c(n1)CCN(C(=O)c1cc(=O)[nH]o1)[C@H]2C(=O)Nc1ccc(S(C)(C)C)c(F)c1. The summed E-state index contributed by atoms with van der Waals surface area (Å²) in [5, 5.41) is 4.80. The van der Waals surface area contributed by atoms with Gasteiger partial charge in [0.25, 0.3) is 17.4 Å². The van der Waals surface area contributed by atoms with Crippen LogP contribution in [0.3, 0.4) is 0 Å². The van der Waals surface area contributed by atoms with E-state index in [0.717, 1.165) is 6.07 Å². The number of hydrogen-bond acceptors (Lipinski definition) is 6. The zero-order valence-corrected chi connectivity index (χ0v) is 20.0. The van der Waals surface area contributed by atoms with Gasteiger partial charge in [0.05, 0.1) is 18.9 Å². The predicted octanol–water partition coefficient (Wildman–Crippen LogP) is 2.94. The van der Waals surface area contributed by atoms with Crippen molar-refractivity contribution in [1.29, 1.82) is 0 Å². The number of fused-ring (bicyclic) bond motifs is 1. The van der Waals surface area contributed by atoms with Gasteiger partial charge in [0.15, 0.2) is 0 Å². The number of aromatic amines is 1. The highest BCUT2D eigenvalue weighted by atomic mass is 32.3. The fourth-order valence-corrected chi connectivity index (χ4v) is 5.02. The van der Waals surface area contributed by atoms with Crippen molar-refractivity contribution in [3.63, 3.8) is 0 Å². The minimum absolute atomic E-state index is 0.152. The van der Waals surface area contributed by atoms with Crippen LogP contribution in [0.25, 0.3) is 0 Å². The summed E-state index contributed by atoms with van der Waals surface area (Å²) >= 11 is 0. The van der Waals surface area contributed by atoms with Gasteiger partial charge in [0.2, 0.25) is 11.6 Å². The van der Waals surface area contributed by atoms with Gasteiger partial charge in [-0.2, -0.15) is 5.16 Å². The van der Waals surface area contributed by atoms with Crippen molar-refractivity contribution < 1.29 is 23.2 Å². The standard InChI is InChI=1S/C23H25FN4O5S/c1-32-20-8-6-14-16(26-20)9-10-28(23(31)17-12-19(29)27-33-17)21(14)22(30)25-13-5-7-18(15(24)11-13)34(2,3)4/h5-8,11-12,21H,9-10H2,1-4H3,(H,25,30)(H,27,29)/t21-/m1/s1. The molecular formula is C23H25FN4O5S. The Balaban J connectivity index is 1.70. The first-order valence-corrected chi connectivity index (χ1v) is 13.3. The van der Waals surface area contributed by atoms with E-state index in [9.17, 15) is 18.8 Å². The number of rotatable bonds is 5.